The molecule has 2 heteroatoms. The van der Waals surface area contributed by atoms with E-state index in [1.54, 1.807) is 0 Å². The first-order chi connectivity index (χ1) is 22.5. The van der Waals surface area contributed by atoms with Crippen LogP contribution in [0.3, 0.4) is 0 Å². The van der Waals surface area contributed by atoms with Gasteiger partial charge in [-0.25, -0.2) is 12.2 Å². The molecule has 0 spiro atoms. The molecular formula is C44H41ClZr. The molecule has 6 aromatic rings. The Hall–Kier alpha value is -3.51. The van der Waals surface area contributed by atoms with Crippen molar-refractivity contribution in [1.82, 2.24) is 0 Å². The second kappa shape index (κ2) is 16.9. The van der Waals surface area contributed by atoms with E-state index in [9.17, 15) is 0 Å². The summed E-state index contributed by atoms with van der Waals surface area (Å²) < 4.78 is 2.21. The number of halogens is 1. The van der Waals surface area contributed by atoms with Crippen molar-refractivity contribution in [3.63, 3.8) is 0 Å². The van der Waals surface area contributed by atoms with Crippen LogP contribution in [0.1, 0.15) is 48.4 Å². The number of allylic oxidation sites excluding steroid dienone is 4. The van der Waals surface area contributed by atoms with Gasteiger partial charge in [-0.1, -0.05) is 116 Å². The predicted molar refractivity (Wildman–Crippen MR) is 199 cm³/mol. The van der Waals surface area contributed by atoms with Crippen LogP contribution in [-0.4, -0.2) is 3.71 Å². The minimum atomic E-state index is 0.829. The molecule has 0 atom stereocenters. The largest absolute Gasteiger partial charge is 0.273 e. The fourth-order valence-electron chi connectivity index (χ4n) is 6.19. The van der Waals surface area contributed by atoms with Crippen molar-refractivity contribution in [1.29, 1.82) is 0 Å². The monoisotopic (exact) mass is 694 g/mol. The number of aryl methyl sites for hydroxylation is 3. The van der Waals surface area contributed by atoms with Crippen molar-refractivity contribution >= 4 is 36.9 Å². The molecule has 0 saturated carbocycles. The molecule has 0 unspecified atom stereocenters. The van der Waals surface area contributed by atoms with E-state index >= 15 is 0 Å². The molecule has 0 radical (unpaired) electrons. The first-order valence-electron chi connectivity index (χ1n) is 16.2. The normalized spacial score (nSPS) is 11.7. The SMILES string of the molecule is CCCCc1c(-c2ccccc2)c(C)cc2c1[cH-]c1cc(-c3ccccc3)c(C)cc12.Clc1cccc(C[CH]=[Zr+2])c1.[C-]1=CC=CC1. The molecule has 228 valence electrons. The Morgan fingerprint density at radius 1 is 0.826 bits per heavy atom. The van der Waals surface area contributed by atoms with Crippen LogP contribution in [0.5, 0.6) is 0 Å². The molecular weight excluding hydrogens is 655 g/mol. The number of benzene rings is 5. The van der Waals surface area contributed by atoms with E-state index in [4.69, 9.17) is 11.6 Å². The van der Waals surface area contributed by atoms with Crippen LogP contribution in [0.4, 0.5) is 0 Å². The van der Waals surface area contributed by atoms with E-state index in [1.165, 1.54) is 103 Å². The average molecular weight is 696 g/mol. The van der Waals surface area contributed by atoms with E-state index in [-0.39, 0.29) is 0 Å². The summed E-state index contributed by atoms with van der Waals surface area (Å²) in [7, 11) is 0. The van der Waals surface area contributed by atoms with Gasteiger partial charge < -0.3 is 0 Å². The van der Waals surface area contributed by atoms with Gasteiger partial charge in [0.2, 0.25) is 0 Å². The first kappa shape index (κ1) is 33.8. The van der Waals surface area contributed by atoms with Gasteiger partial charge in [0, 0.05) is 0 Å². The van der Waals surface area contributed by atoms with Crippen molar-refractivity contribution < 1.29 is 24.2 Å². The number of hydrogen-bond donors (Lipinski definition) is 0. The fourth-order valence-corrected chi connectivity index (χ4v) is 6.99. The van der Waals surface area contributed by atoms with Gasteiger partial charge in [-0.05, 0) is 36.1 Å². The van der Waals surface area contributed by atoms with E-state index in [0.29, 0.717) is 0 Å². The molecule has 0 heterocycles. The Bertz CT molecular complexity index is 1950. The molecule has 6 aromatic carbocycles. The quantitative estimate of drug-likeness (QED) is 0.146. The van der Waals surface area contributed by atoms with Gasteiger partial charge in [0.15, 0.2) is 0 Å². The summed E-state index contributed by atoms with van der Waals surface area (Å²) in [6, 6.07) is 39.3. The molecule has 0 fully saturated rings. The molecule has 0 aromatic heterocycles. The molecule has 1 aliphatic rings. The maximum absolute atomic E-state index is 5.77. The van der Waals surface area contributed by atoms with Crippen molar-refractivity contribution in [2.24, 2.45) is 0 Å². The van der Waals surface area contributed by atoms with Gasteiger partial charge in [0.05, 0.1) is 0 Å². The molecule has 0 bridgehead atoms. The van der Waals surface area contributed by atoms with Crippen LogP contribution < -0.4 is 0 Å². The maximum Gasteiger partial charge on any atom is -0.109 e. The van der Waals surface area contributed by atoms with Crippen LogP contribution in [0.15, 0.2) is 127 Å². The molecule has 46 heavy (non-hydrogen) atoms. The Morgan fingerprint density at radius 2 is 1.54 bits per heavy atom. The predicted octanol–water partition coefficient (Wildman–Crippen LogP) is 12.5. The molecule has 7 rings (SSSR count). The molecule has 1 aliphatic carbocycles. The van der Waals surface area contributed by atoms with Gasteiger partial charge in [-0.3, -0.25) is 6.08 Å². The minimum Gasteiger partial charge on any atom is -0.273 e. The summed E-state index contributed by atoms with van der Waals surface area (Å²) in [5.74, 6) is 0. The van der Waals surface area contributed by atoms with Crippen molar-refractivity contribution in [3.05, 3.63) is 161 Å². The third-order valence-electron chi connectivity index (χ3n) is 8.40. The van der Waals surface area contributed by atoms with Crippen LogP contribution in [0.2, 0.25) is 5.02 Å². The second-order valence-corrected chi connectivity index (χ2v) is 13.2. The van der Waals surface area contributed by atoms with E-state index < -0.39 is 0 Å². The third-order valence-corrected chi connectivity index (χ3v) is 9.14. The van der Waals surface area contributed by atoms with Crippen molar-refractivity contribution in [3.8, 4) is 22.3 Å². The number of fused-ring (bicyclic) bond motifs is 3. The number of rotatable bonds is 7. The van der Waals surface area contributed by atoms with Gasteiger partial charge in [0.1, 0.15) is 0 Å². The molecule has 0 nitrogen and oxygen atoms in total. The standard InChI is InChI=1S/C31H29.C8H7Cl.C5H5.Zr/c1-4-5-16-26-30-20-25-19-27(23-12-8-6-9-13-23)21(2)17-28(25)29(30)18-22(3)31(26)24-14-10-7-11-15-24;1-2-7-4-3-5-8(9)6-7;1-2-4-5-3-1;/h6-15,17-20H,4-5,16H2,1-3H3;1,3-6H,2H2;1-3H,4H2;/q-1;;-1;+2. The molecule has 0 aliphatic heterocycles. The second-order valence-electron chi connectivity index (χ2n) is 11.8. The van der Waals surface area contributed by atoms with E-state index in [1.807, 2.05) is 30.4 Å². The van der Waals surface area contributed by atoms with Gasteiger partial charge in [-0.15, -0.1) is 40.1 Å². The molecule has 0 N–H and O–H groups in total. The summed E-state index contributed by atoms with van der Waals surface area (Å²) in [4.78, 5) is 0. The third kappa shape index (κ3) is 8.44. The van der Waals surface area contributed by atoms with Crippen LogP contribution in [0.25, 0.3) is 43.8 Å². The number of hydrogen-bond acceptors (Lipinski definition) is 0. The van der Waals surface area contributed by atoms with Crippen LogP contribution in [-0.2, 0) is 37.1 Å². The van der Waals surface area contributed by atoms with Crippen LogP contribution >= 0.6 is 11.6 Å². The minimum absolute atomic E-state index is 0.829. The van der Waals surface area contributed by atoms with E-state index in [0.717, 1.165) is 24.3 Å². The Balaban J connectivity index is 0.000000228. The maximum atomic E-state index is 5.77. The van der Waals surface area contributed by atoms with Crippen molar-refractivity contribution in [2.75, 3.05) is 0 Å². The smallest absolute Gasteiger partial charge is 0.109 e. The molecule has 0 amide bonds. The zero-order valence-corrected chi connectivity index (χ0v) is 30.3. The zero-order valence-electron chi connectivity index (χ0n) is 27.1. The summed E-state index contributed by atoms with van der Waals surface area (Å²) in [5, 5.41) is 6.39. The Labute approximate surface area is 295 Å². The van der Waals surface area contributed by atoms with Gasteiger partial charge >= 0.3 is 80.8 Å². The average Bonchev–Trinajstić information content (AvgIpc) is 3.77. The van der Waals surface area contributed by atoms with Gasteiger partial charge in [-0.2, -0.15) is 6.08 Å². The van der Waals surface area contributed by atoms with Crippen molar-refractivity contribution in [2.45, 2.75) is 52.9 Å². The fraction of sp³-hybridized carbons (Fsp3) is 0.182. The Kier molecular flexibility index (Phi) is 12.4. The first-order valence-corrected chi connectivity index (χ1v) is 18.0. The summed E-state index contributed by atoms with van der Waals surface area (Å²) >= 11 is 7.24. The number of unbranched alkanes of at least 4 members (excludes halogenated alkanes) is 1. The summed E-state index contributed by atoms with van der Waals surface area (Å²) in [6.07, 6.45) is 14.6. The Morgan fingerprint density at radius 3 is 2.15 bits per heavy atom. The zero-order chi connectivity index (χ0) is 32.3. The topological polar surface area (TPSA) is 0 Å². The van der Waals surface area contributed by atoms with Crippen LogP contribution in [0, 0.1) is 19.9 Å². The molecule has 0 saturated heterocycles. The van der Waals surface area contributed by atoms with E-state index in [2.05, 4.69) is 128 Å². The summed E-state index contributed by atoms with van der Waals surface area (Å²) in [6.45, 7) is 6.80. The van der Waals surface area contributed by atoms with Gasteiger partial charge in [0.25, 0.3) is 0 Å². The summed E-state index contributed by atoms with van der Waals surface area (Å²) in [5.41, 5.74) is 10.9.